The smallest absolute Gasteiger partial charge is 0.148 e. The minimum absolute atomic E-state index is 0.611. The Morgan fingerprint density at radius 1 is 1.35 bits per heavy atom. The minimum Gasteiger partial charge on any atom is -0.369 e. The highest BCUT2D eigenvalue weighted by atomic mass is 79.9. The summed E-state index contributed by atoms with van der Waals surface area (Å²) in [5.41, 5.74) is 0. The Morgan fingerprint density at radius 3 is 2.59 bits per heavy atom. The monoisotopic (exact) mass is 300 g/mol. The largest absolute Gasteiger partial charge is 0.369 e. The van der Waals surface area contributed by atoms with Crippen LogP contribution in [-0.2, 0) is 0 Å². The molecule has 5 heteroatoms. The van der Waals surface area contributed by atoms with Gasteiger partial charge in [-0.25, -0.2) is 9.97 Å². The van der Waals surface area contributed by atoms with E-state index in [-0.39, 0.29) is 0 Å². The molecule has 1 rings (SSSR count). The molecule has 0 unspecified atom stereocenters. The van der Waals surface area contributed by atoms with Crippen LogP contribution in [0, 0.1) is 5.92 Å². The molecule has 0 saturated carbocycles. The Hall–Kier alpha value is -0.840. The lowest BCUT2D eigenvalue weighted by atomic mass is 10.2. The van der Waals surface area contributed by atoms with E-state index in [0.717, 1.165) is 35.7 Å². The van der Waals surface area contributed by atoms with Crippen LogP contribution in [-0.4, -0.2) is 29.6 Å². The van der Waals surface area contributed by atoms with E-state index >= 15 is 0 Å². The minimum atomic E-state index is 0.611. The molecule has 0 aliphatic heterocycles. The first-order chi connectivity index (χ1) is 8.10. The average Bonchev–Trinajstić information content (AvgIpc) is 2.29. The third-order valence-corrected chi connectivity index (χ3v) is 3.11. The molecule has 1 heterocycles. The number of halogens is 1. The molecule has 4 nitrogen and oxygen atoms in total. The predicted octanol–water partition coefficient (Wildman–Crippen LogP) is 3.15. The van der Waals surface area contributed by atoms with Crippen LogP contribution in [0.15, 0.2) is 10.8 Å². The van der Waals surface area contributed by atoms with Gasteiger partial charge in [-0.15, -0.1) is 0 Å². The van der Waals surface area contributed by atoms with Gasteiger partial charge in [-0.1, -0.05) is 13.8 Å². The molecule has 0 atom stereocenters. The molecule has 0 amide bonds. The molecule has 1 aromatic rings. The molecular weight excluding hydrogens is 280 g/mol. The number of hydrogen-bond acceptors (Lipinski definition) is 4. The van der Waals surface area contributed by atoms with E-state index in [4.69, 9.17) is 0 Å². The summed E-state index contributed by atoms with van der Waals surface area (Å²) < 4.78 is 0.948. The van der Waals surface area contributed by atoms with Crippen molar-refractivity contribution in [3.05, 3.63) is 10.8 Å². The van der Waals surface area contributed by atoms with Crippen molar-refractivity contribution in [1.82, 2.24) is 9.97 Å². The molecule has 1 N–H and O–H groups in total. The van der Waals surface area contributed by atoms with E-state index in [1.807, 2.05) is 0 Å². The molecule has 0 aliphatic rings. The normalized spacial score (nSPS) is 10.7. The van der Waals surface area contributed by atoms with Gasteiger partial charge >= 0.3 is 0 Å². The van der Waals surface area contributed by atoms with Crippen molar-refractivity contribution >= 4 is 27.6 Å². The van der Waals surface area contributed by atoms with Crippen LogP contribution in [0.2, 0.25) is 0 Å². The lowest BCUT2D eigenvalue weighted by Gasteiger charge is -2.25. The van der Waals surface area contributed by atoms with Crippen molar-refractivity contribution in [3.8, 4) is 0 Å². The van der Waals surface area contributed by atoms with E-state index in [1.165, 1.54) is 0 Å². The molecule has 0 saturated heterocycles. The Morgan fingerprint density at radius 2 is 2.06 bits per heavy atom. The maximum absolute atomic E-state index is 4.37. The maximum Gasteiger partial charge on any atom is 0.148 e. The molecule has 96 valence electrons. The van der Waals surface area contributed by atoms with Crippen LogP contribution in [0.5, 0.6) is 0 Å². The first-order valence-electron chi connectivity index (χ1n) is 6.09. The van der Waals surface area contributed by atoms with E-state index in [2.05, 4.69) is 63.8 Å². The number of nitrogens with zero attached hydrogens (tertiary/aromatic N) is 3. The Kier molecular flexibility index (Phi) is 5.68. The maximum atomic E-state index is 4.37. The van der Waals surface area contributed by atoms with Crippen molar-refractivity contribution in [2.75, 3.05) is 29.9 Å². The molecule has 0 fully saturated rings. The summed E-state index contributed by atoms with van der Waals surface area (Å²) in [4.78, 5) is 10.9. The van der Waals surface area contributed by atoms with Gasteiger partial charge < -0.3 is 10.2 Å². The van der Waals surface area contributed by atoms with Gasteiger partial charge in [-0.3, -0.25) is 0 Å². The molecule has 1 aromatic heterocycles. The zero-order chi connectivity index (χ0) is 12.8. The van der Waals surface area contributed by atoms with Crippen molar-refractivity contribution in [2.24, 2.45) is 5.92 Å². The van der Waals surface area contributed by atoms with Crippen LogP contribution >= 0.6 is 15.9 Å². The molecular formula is C12H21BrN4. The quantitative estimate of drug-likeness (QED) is 0.876. The number of anilines is 2. The summed E-state index contributed by atoms with van der Waals surface area (Å²) in [6.45, 7) is 11.4. The summed E-state index contributed by atoms with van der Waals surface area (Å²) in [6.07, 6.45) is 1.61. The van der Waals surface area contributed by atoms with Crippen molar-refractivity contribution in [1.29, 1.82) is 0 Å². The van der Waals surface area contributed by atoms with Gasteiger partial charge in [0.15, 0.2) is 0 Å². The highest BCUT2D eigenvalue weighted by molar-refractivity contribution is 9.10. The van der Waals surface area contributed by atoms with E-state index < -0.39 is 0 Å². The third-order valence-electron chi connectivity index (χ3n) is 2.38. The number of nitrogens with one attached hydrogen (secondary N) is 1. The highest BCUT2D eigenvalue weighted by Gasteiger charge is 2.14. The predicted molar refractivity (Wildman–Crippen MR) is 76.6 cm³/mol. The standard InChI is InChI=1S/C12H21BrN4/c1-5-14-11-10(13)12(16-8-15-11)17(6-2)7-9(3)4/h8-9H,5-7H2,1-4H3,(H,14,15,16). The molecule has 0 bridgehead atoms. The van der Waals surface area contributed by atoms with Crippen molar-refractivity contribution in [3.63, 3.8) is 0 Å². The van der Waals surface area contributed by atoms with E-state index in [0.29, 0.717) is 5.92 Å². The third kappa shape index (κ3) is 3.84. The average molecular weight is 301 g/mol. The van der Waals surface area contributed by atoms with E-state index in [1.54, 1.807) is 6.33 Å². The second-order valence-corrected chi connectivity index (χ2v) is 5.12. The lowest BCUT2D eigenvalue weighted by Crippen LogP contribution is -2.28. The van der Waals surface area contributed by atoms with Crippen LogP contribution in [0.3, 0.4) is 0 Å². The SMILES string of the molecule is CCNc1ncnc(N(CC)CC(C)C)c1Br. The first kappa shape index (κ1) is 14.2. The fraction of sp³-hybridized carbons (Fsp3) is 0.667. The Balaban J connectivity index is 2.98. The molecule has 0 radical (unpaired) electrons. The summed E-state index contributed by atoms with van der Waals surface area (Å²) >= 11 is 3.58. The fourth-order valence-corrected chi connectivity index (χ4v) is 2.27. The molecule has 0 aliphatic carbocycles. The lowest BCUT2D eigenvalue weighted by molar-refractivity contribution is 0.613. The van der Waals surface area contributed by atoms with E-state index in [9.17, 15) is 0 Å². The fourth-order valence-electron chi connectivity index (χ4n) is 1.68. The second kappa shape index (κ2) is 6.79. The summed E-state index contributed by atoms with van der Waals surface area (Å²) in [5.74, 6) is 2.44. The van der Waals surface area contributed by atoms with Crippen LogP contribution in [0.1, 0.15) is 27.7 Å². The summed E-state index contributed by atoms with van der Waals surface area (Å²) in [7, 11) is 0. The number of hydrogen-bond donors (Lipinski definition) is 1. The Labute approximate surface area is 112 Å². The van der Waals surface area contributed by atoms with Gasteiger partial charge in [0, 0.05) is 19.6 Å². The number of rotatable bonds is 6. The summed E-state index contributed by atoms with van der Waals surface area (Å²) in [5, 5.41) is 3.22. The topological polar surface area (TPSA) is 41.1 Å². The van der Waals surface area contributed by atoms with Crippen molar-refractivity contribution in [2.45, 2.75) is 27.7 Å². The van der Waals surface area contributed by atoms with Crippen LogP contribution in [0.4, 0.5) is 11.6 Å². The van der Waals surface area contributed by atoms with Gasteiger partial charge in [0.05, 0.1) is 0 Å². The van der Waals surface area contributed by atoms with Crippen molar-refractivity contribution < 1.29 is 0 Å². The number of aromatic nitrogens is 2. The molecule has 0 spiro atoms. The van der Waals surface area contributed by atoms with Gasteiger partial charge in [0.2, 0.25) is 0 Å². The summed E-state index contributed by atoms with van der Waals surface area (Å²) in [6, 6.07) is 0. The van der Waals surface area contributed by atoms with Gasteiger partial charge in [0.25, 0.3) is 0 Å². The second-order valence-electron chi connectivity index (χ2n) is 4.32. The van der Waals surface area contributed by atoms with Crippen LogP contribution < -0.4 is 10.2 Å². The molecule has 0 aromatic carbocycles. The van der Waals surface area contributed by atoms with Gasteiger partial charge in [-0.2, -0.15) is 0 Å². The molecule has 17 heavy (non-hydrogen) atoms. The van der Waals surface area contributed by atoms with Crippen LogP contribution in [0.25, 0.3) is 0 Å². The zero-order valence-electron chi connectivity index (χ0n) is 11.0. The van der Waals surface area contributed by atoms with Gasteiger partial charge in [-0.05, 0) is 35.7 Å². The Bertz CT molecular complexity index is 354. The highest BCUT2D eigenvalue weighted by Crippen LogP contribution is 2.29. The zero-order valence-corrected chi connectivity index (χ0v) is 12.6. The first-order valence-corrected chi connectivity index (χ1v) is 6.88. The van der Waals surface area contributed by atoms with Gasteiger partial charge in [0.1, 0.15) is 22.4 Å².